The van der Waals surface area contributed by atoms with Crippen molar-refractivity contribution in [2.24, 2.45) is 5.92 Å². The van der Waals surface area contributed by atoms with E-state index in [1.54, 1.807) is 0 Å². The van der Waals surface area contributed by atoms with Gasteiger partial charge in [0.2, 0.25) is 0 Å². The SMILES string of the molecule is CCCNC(Cc1ccccn1)CC1CCCCCC1. The maximum atomic E-state index is 4.50. The third-order valence-corrected chi connectivity index (χ3v) is 4.46. The maximum absolute atomic E-state index is 4.50. The quantitative estimate of drug-likeness (QED) is 0.748. The van der Waals surface area contributed by atoms with Crippen molar-refractivity contribution in [2.75, 3.05) is 6.54 Å². The van der Waals surface area contributed by atoms with Crippen LogP contribution in [0, 0.1) is 5.92 Å². The molecule has 1 unspecified atom stereocenters. The van der Waals surface area contributed by atoms with E-state index in [1.165, 1.54) is 57.1 Å². The van der Waals surface area contributed by atoms with Gasteiger partial charge < -0.3 is 5.32 Å². The third-order valence-electron chi connectivity index (χ3n) is 4.46. The molecule has 0 aromatic carbocycles. The summed E-state index contributed by atoms with van der Waals surface area (Å²) in [6, 6.07) is 6.87. The van der Waals surface area contributed by atoms with E-state index in [2.05, 4.69) is 29.4 Å². The number of nitrogens with one attached hydrogen (secondary N) is 1. The largest absolute Gasteiger partial charge is 0.314 e. The van der Waals surface area contributed by atoms with E-state index in [0.29, 0.717) is 6.04 Å². The summed E-state index contributed by atoms with van der Waals surface area (Å²) in [6.07, 6.45) is 14.2. The first kappa shape index (κ1) is 15.5. The van der Waals surface area contributed by atoms with Crippen LogP contribution in [0.4, 0.5) is 0 Å². The molecule has 0 radical (unpaired) electrons. The van der Waals surface area contributed by atoms with Crippen molar-refractivity contribution in [3.63, 3.8) is 0 Å². The van der Waals surface area contributed by atoms with Crippen LogP contribution < -0.4 is 5.32 Å². The van der Waals surface area contributed by atoms with E-state index in [1.807, 2.05) is 12.3 Å². The van der Waals surface area contributed by atoms with Gasteiger partial charge in [0.05, 0.1) is 0 Å². The summed E-state index contributed by atoms with van der Waals surface area (Å²) in [6.45, 7) is 3.38. The zero-order valence-corrected chi connectivity index (χ0v) is 13.0. The van der Waals surface area contributed by atoms with Gasteiger partial charge in [0, 0.05) is 24.4 Å². The molecule has 20 heavy (non-hydrogen) atoms. The van der Waals surface area contributed by atoms with Crippen LogP contribution in [-0.2, 0) is 6.42 Å². The van der Waals surface area contributed by atoms with E-state index < -0.39 is 0 Å². The Morgan fingerprint density at radius 2 is 2.00 bits per heavy atom. The normalized spacial score (nSPS) is 18.6. The van der Waals surface area contributed by atoms with Crippen molar-refractivity contribution in [3.8, 4) is 0 Å². The fourth-order valence-electron chi connectivity index (χ4n) is 3.36. The number of pyridine rings is 1. The summed E-state index contributed by atoms with van der Waals surface area (Å²) in [5.41, 5.74) is 1.23. The summed E-state index contributed by atoms with van der Waals surface area (Å²) in [4.78, 5) is 4.50. The van der Waals surface area contributed by atoms with Crippen LogP contribution in [0.5, 0.6) is 0 Å². The first-order valence-electron chi connectivity index (χ1n) is 8.51. The van der Waals surface area contributed by atoms with Crippen LogP contribution in [0.3, 0.4) is 0 Å². The Hall–Kier alpha value is -0.890. The highest BCUT2D eigenvalue weighted by Gasteiger charge is 2.18. The van der Waals surface area contributed by atoms with E-state index in [9.17, 15) is 0 Å². The molecule has 2 heteroatoms. The molecule has 0 bridgehead atoms. The molecule has 0 spiro atoms. The van der Waals surface area contributed by atoms with Gasteiger partial charge in [-0.25, -0.2) is 0 Å². The highest BCUT2D eigenvalue weighted by Crippen LogP contribution is 2.27. The van der Waals surface area contributed by atoms with Crippen LogP contribution in [-0.4, -0.2) is 17.6 Å². The summed E-state index contributed by atoms with van der Waals surface area (Å²) in [7, 11) is 0. The van der Waals surface area contributed by atoms with Crippen LogP contribution >= 0.6 is 0 Å². The Labute approximate surface area is 124 Å². The zero-order chi connectivity index (χ0) is 14.0. The third kappa shape index (κ3) is 5.62. The summed E-state index contributed by atoms with van der Waals surface area (Å²) in [5.74, 6) is 0.926. The molecule has 112 valence electrons. The standard InChI is InChI=1S/C18H30N2/c1-2-12-19-18(15-17-11-7-8-13-20-17)14-16-9-5-3-4-6-10-16/h7-8,11,13,16,18-19H,2-6,9-10,12,14-15H2,1H3. The number of aromatic nitrogens is 1. The van der Waals surface area contributed by atoms with Crippen molar-refractivity contribution in [2.45, 2.75) is 70.8 Å². The van der Waals surface area contributed by atoms with Crippen LogP contribution in [0.2, 0.25) is 0 Å². The number of hydrogen-bond acceptors (Lipinski definition) is 2. The van der Waals surface area contributed by atoms with E-state index in [0.717, 1.165) is 18.9 Å². The number of nitrogens with zero attached hydrogens (tertiary/aromatic N) is 1. The van der Waals surface area contributed by atoms with E-state index >= 15 is 0 Å². The van der Waals surface area contributed by atoms with Gasteiger partial charge in [0.25, 0.3) is 0 Å². The van der Waals surface area contributed by atoms with Crippen molar-refractivity contribution >= 4 is 0 Å². The van der Waals surface area contributed by atoms with E-state index in [4.69, 9.17) is 0 Å². The van der Waals surface area contributed by atoms with Crippen molar-refractivity contribution in [3.05, 3.63) is 30.1 Å². The highest BCUT2D eigenvalue weighted by molar-refractivity contribution is 5.05. The number of rotatable bonds is 7. The van der Waals surface area contributed by atoms with Gasteiger partial charge in [-0.2, -0.15) is 0 Å². The van der Waals surface area contributed by atoms with Gasteiger partial charge in [0.1, 0.15) is 0 Å². The fourth-order valence-corrected chi connectivity index (χ4v) is 3.36. The van der Waals surface area contributed by atoms with Crippen LogP contribution in [0.25, 0.3) is 0 Å². The molecule has 1 aromatic heterocycles. The van der Waals surface area contributed by atoms with Gasteiger partial charge in [0.15, 0.2) is 0 Å². The second-order valence-electron chi connectivity index (χ2n) is 6.27. The predicted molar refractivity (Wildman–Crippen MR) is 85.8 cm³/mol. The average Bonchev–Trinajstić information content (AvgIpc) is 2.74. The maximum Gasteiger partial charge on any atom is 0.0419 e. The van der Waals surface area contributed by atoms with Gasteiger partial charge in [-0.15, -0.1) is 0 Å². The van der Waals surface area contributed by atoms with Gasteiger partial charge in [-0.3, -0.25) is 4.98 Å². The minimum Gasteiger partial charge on any atom is -0.314 e. The van der Waals surface area contributed by atoms with Gasteiger partial charge in [-0.1, -0.05) is 51.5 Å². The van der Waals surface area contributed by atoms with Crippen molar-refractivity contribution in [1.82, 2.24) is 10.3 Å². The van der Waals surface area contributed by atoms with Gasteiger partial charge in [-0.05, 0) is 37.4 Å². The Morgan fingerprint density at radius 1 is 1.20 bits per heavy atom. The molecule has 0 aliphatic heterocycles. The molecule has 1 N–H and O–H groups in total. The Kier molecular flexibility index (Phi) is 7.07. The molecular formula is C18H30N2. The molecule has 0 saturated heterocycles. The first-order chi connectivity index (χ1) is 9.88. The minimum absolute atomic E-state index is 0.605. The van der Waals surface area contributed by atoms with Gasteiger partial charge >= 0.3 is 0 Å². The highest BCUT2D eigenvalue weighted by atomic mass is 14.9. The molecule has 1 aliphatic carbocycles. The molecule has 2 rings (SSSR count). The van der Waals surface area contributed by atoms with Crippen molar-refractivity contribution < 1.29 is 0 Å². The lowest BCUT2D eigenvalue weighted by molar-refractivity contribution is 0.348. The Bertz CT molecular complexity index is 342. The lowest BCUT2D eigenvalue weighted by Gasteiger charge is -2.23. The van der Waals surface area contributed by atoms with E-state index in [-0.39, 0.29) is 0 Å². The molecule has 1 saturated carbocycles. The number of hydrogen-bond donors (Lipinski definition) is 1. The molecule has 1 aliphatic rings. The Balaban J connectivity index is 1.88. The smallest absolute Gasteiger partial charge is 0.0419 e. The van der Waals surface area contributed by atoms with Crippen LogP contribution in [0.15, 0.2) is 24.4 Å². The monoisotopic (exact) mass is 274 g/mol. The Morgan fingerprint density at radius 3 is 2.65 bits per heavy atom. The van der Waals surface area contributed by atoms with Crippen molar-refractivity contribution in [1.29, 1.82) is 0 Å². The molecule has 1 fully saturated rings. The second kappa shape index (κ2) is 9.12. The molecule has 1 heterocycles. The lowest BCUT2D eigenvalue weighted by atomic mass is 9.90. The minimum atomic E-state index is 0.605. The van der Waals surface area contributed by atoms with Crippen LogP contribution in [0.1, 0.15) is 64.0 Å². The average molecular weight is 274 g/mol. The first-order valence-corrected chi connectivity index (χ1v) is 8.51. The predicted octanol–water partition coefficient (Wildman–Crippen LogP) is 4.35. The zero-order valence-electron chi connectivity index (χ0n) is 13.0. The lowest BCUT2D eigenvalue weighted by Crippen LogP contribution is -2.34. The molecule has 1 aromatic rings. The topological polar surface area (TPSA) is 24.9 Å². The fraction of sp³-hybridized carbons (Fsp3) is 0.722. The summed E-state index contributed by atoms with van der Waals surface area (Å²) >= 11 is 0. The second-order valence-corrected chi connectivity index (χ2v) is 6.27. The molecule has 2 nitrogen and oxygen atoms in total. The summed E-state index contributed by atoms with van der Waals surface area (Å²) in [5, 5.41) is 3.75. The molecule has 0 amide bonds. The molecule has 1 atom stereocenters. The summed E-state index contributed by atoms with van der Waals surface area (Å²) < 4.78 is 0. The molecular weight excluding hydrogens is 244 g/mol.